The first-order valence-electron chi connectivity index (χ1n) is 5.46. The van der Waals surface area contributed by atoms with Gasteiger partial charge in [0.1, 0.15) is 9.84 Å². The molecule has 0 unspecified atom stereocenters. The van der Waals surface area contributed by atoms with Crippen molar-refractivity contribution in [1.82, 2.24) is 9.55 Å². The number of hydrogen-bond donors (Lipinski definition) is 1. The molecule has 7 heteroatoms. The van der Waals surface area contributed by atoms with E-state index in [2.05, 4.69) is 4.98 Å². The number of aromatic nitrogens is 2. The van der Waals surface area contributed by atoms with E-state index >= 15 is 0 Å². The van der Waals surface area contributed by atoms with E-state index in [0.29, 0.717) is 23.9 Å². The summed E-state index contributed by atoms with van der Waals surface area (Å²) in [6.07, 6.45) is 1.74. The van der Waals surface area contributed by atoms with Gasteiger partial charge in [-0.2, -0.15) is 0 Å². The average Bonchev–Trinajstić information content (AvgIpc) is 2.52. The molecule has 5 nitrogen and oxygen atoms in total. The summed E-state index contributed by atoms with van der Waals surface area (Å²) in [7, 11) is -2.95. The van der Waals surface area contributed by atoms with E-state index in [0.717, 1.165) is 11.0 Å². The van der Waals surface area contributed by atoms with Crippen LogP contribution in [0.2, 0.25) is 5.02 Å². The molecule has 0 aliphatic carbocycles. The summed E-state index contributed by atoms with van der Waals surface area (Å²) in [6.45, 7) is 0.525. The molecule has 2 aromatic rings. The highest BCUT2D eigenvalue weighted by Gasteiger charge is 2.09. The molecule has 0 bridgehead atoms. The number of halogens is 1. The first-order chi connectivity index (χ1) is 8.37. The molecule has 0 atom stereocenters. The van der Waals surface area contributed by atoms with Crippen molar-refractivity contribution in [2.24, 2.45) is 0 Å². The molecule has 0 amide bonds. The molecule has 0 spiro atoms. The van der Waals surface area contributed by atoms with Crippen LogP contribution in [0.25, 0.3) is 11.0 Å². The van der Waals surface area contributed by atoms with Gasteiger partial charge in [-0.15, -0.1) is 0 Å². The minimum Gasteiger partial charge on any atom is -0.369 e. The van der Waals surface area contributed by atoms with Gasteiger partial charge in [0.15, 0.2) is 0 Å². The largest absolute Gasteiger partial charge is 0.369 e. The van der Waals surface area contributed by atoms with Gasteiger partial charge in [-0.05, 0) is 24.6 Å². The third-order valence-electron chi connectivity index (χ3n) is 2.64. The lowest BCUT2D eigenvalue weighted by atomic mass is 10.3. The van der Waals surface area contributed by atoms with Crippen LogP contribution >= 0.6 is 11.6 Å². The van der Waals surface area contributed by atoms with Crippen LogP contribution in [0.15, 0.2) is 18.2 Å². The average molecular weight is 288 g/mol. The highest BCUT2D eigenvalue weighted by atomic mass is 35.5. The van der Waals surface area contributed by atoms with Crippen molar-refractivity contribution in [1.29, 1.82) is 0 Å². The molecule has 1 aromatic heterocycles. The second kappa shape index (κ2) is 4.78. The fourth-order valence-electron chi connectivity index (χ4n) is 1.84. The van der Waals surface area contributed by atoms with Gasteiger partial charge in [0.2, 0.25) is 5.95 Å². The zero-order valence-electron chi connectivity index (χ0n) is 9.93. The van der Waals surface area contributed by atoms with E-state index in [4.69, 9.17) is 17.3 Å². The number of aryl methyl sites for hydroxylation is 1. The Morgan fingerprint density at radius 2 is 2.17 bits per heavy atom. The number of rotatable bonds is 4. The summed E-state index contributed by atoms with van der Waals surface area (Å²) in [5.74, 6) is 0.514. The van der Waals surface area contributed by atoms with Crippen molar-refractivity contribution in [2.75, 3.05) is 17.7 Å². The Morgan fingerprint density at radius 3 is 2.83 bits per heavy atom. The van der Waals surface area contributed by atoms with Gasteiger partial charge in [-0.1, -0.05) is 11.6 Å². The van der Waals surface area contributed by atoms with Crippen molar-refractivity contribution in [3.8, 4) is 0 Å². The normalized spacial score (nSPS) is 12.1. The Hall–Kier alpha value is -1.27. The molecular formula is C11H14ClN3O2S. The topological polar surface area (TPSA) is 78.0 Å². The van der Waals surface area contributed by atoms with Crippen LogP contribution in [0.1, 0.15) is 6.42 Å². The van der Waals surface area contributed by atoms with E-state index in [-0.39, 0.29) is 5.75 Å². The van der Waals surface area contributed by atoms with Crippen molar-refractivity contribution in [3.05, 3.63) is 23.2 Å². The zero-order valence-corrected chi connectivity index (χ0v) is 11.5. The number of imidazole rings is 1. The van der Waals surface area contributed by atoms with Gasteiger partial charge in [0.25, 0.3) is 0 Å². The molecule has 0 aliphatic heterocycles. The van der Waals surface area contributed by atoms with Crippen LogP contribution in [-0.4, -0.2) is 30.0 Å². The lowest BCUT2D eigenvalue weighted by Gasteiger charge is -2.05. The summed E-state index contributed by atoms with van der Waals surface area (Å²) in [5.41, 5.74) is 7.40. The van der Waals surface area contributed by atoms with Crippen LogP contribution in [0, 0.1) is 0 Å². The Bertz CT molecular complexity index is 679. The number of hydrogen-bond acceptors (Lipinski definition) is 4. The van der Waals surface area contributed by atoms with Gasteiger partial charge < -0.3 is 10.3 Å². The van der Waals surface area contributed by atoms with Crippen LogP contribution in [-0.2, 0) is 16.4 Å². The highest BCUT2D eigenvalue weighted by molar-refractivity contribution is 7.90. The molecule has 0 fully saturated rings. The predicted octanol–water partition coefficient (Wildman–Crippen LogP) is 1.71. The van der Waals surface area contributed by atoms with Gasteiger partial charge in [-0.3, -0.25) is 0 Å². The summed E-state index contributed by atoms with van der Waals surface area (Å²) in [5, 5.41) is 0.600. The monoisotopic (exact) mass is 287 g/mol. The lowest BCUT2D eigenvalue weighted by molar-refractivity contribution is 0.594. The maximum atomic E-state index is 11.1. The number of sulfone groups is 1. The second-order valence-corrected chi connectivity index (χ2v) is 6.93. The molecule has 1 heterocycles. The Kier molecular flexibility index (Phi) is 3.49. The smallest absolute Gasteiger partial charge is 0.201 e. The van der Waals surface area contributed by atoms with Crippen LogP contribution in [0.4, 0.5) is 5.95 Å². The third kappa shape index (κ3) is 2.94. The van der Waals surface area contributed by atoms with Gasteiger partial charge in [0, 0.05) is 17.8 Å². The third-order valence-corrected chi connectivity index (χ3v) is 3.90. The van der Waals surface area contributed by atoms with E-state index < -0.39 is 9.84 Å². The first kappa shape index (κ1) is 13.2. The number of nitrogens with two attached hydrogens (primary N) is 1. The summed E-state index contributed by atoms with van der Waals surface area (Å²) in [4.78, 5) is 4.20. The fourth-order valence-corrected chi connectivity index (χ4v) is 2.66. The lowest BCUT2D eigenvalue weighted by Crippen LogP contribution is -2.09. The molecule has 0 aliphatic rings. The molecule has 98 valence electrons. The molecular weight excluding hydrogens is 274 g/mol. The molecule has 0 saturated heterocycles. The quantitative estimate of drug-likeness (QED) is 0.928. The van der Waals surface area contributed by atoms with E-state index in [1.807, 2.05) is 6.07 Å². The van der Waals surface area contributed by atoms with Gasteiger partial charge in [-0.25, -0.2) is 13.4 Å². The van der Waals surface area contributed by atoms with E-state index in [9.17, 15) is 8.42 Å². The number of anilines is 1. The minimum absolute atomic E-state index is 0.139. The molecule has 2 rings (SSSR count). The highest BCUT2D eigenvalue weighted by Crippen LogP contribution is 2.21. The van der Waals surface area contributed by atoms with Crippen LogP contribution < -0.4 is 5.73 Å². The molecule has 18 heavy (non-hydrogen) atoms. The van der Waals surface area contributed by atoms with E-state index in [1.165, 1.54) is 6.26 Å². The summed E-state index contributed by atoms with van der Waals surface area (Å²) >= 11 is 5.88. The Labute approximate surface area is 110 Å². The van der Waals surface area contributed by atoms with Gasteiger partial charge in [0.05, 0.1) is 16.8 Å². The molecule has 0 radical (unpaired) electrons. The first-order valence-corrected chi connectivity index (χ1v) is 7.90. The van der Waals surface area contributed by atoms with Crippen molar-refractivity contribution >= 4 is 38.4 Å². The van der Waals surface area contributed by atoms with Crippen molar-refractivity contribution in [2.45, 2.75) is 13.0 Å². The SMILES string of the molecule is CS(=O)(=O)CCCn1c(N)nc2cc(Cl)ccc21. The number of nitrogen functional groups attached to an aromatic ring is 1. The number of fused-ring (bicyclic) bond motifs is 1. The zero-order chi connectivity index (χ0) is 13.3. The summed E-state index contributed by atoms with van der Waals surface area (Å²) in [6, 6.07) is 5.33. The molecule has 1 aromatic carbocycles. The van der Waals surface area contributed by atoms with Crippen molar-refractivity contribution < 1.29 is 8.42 Å². The van der Waals surface area contributed by atoms with E-state index in [1.54, 1.807) is 16.7 Å². The maximum Gasteiger partial charge on any atom is 0.201 e. The minimum atomic E-state index is -2.95. The summed E-state index contributed by atoms with van der Waals surface area (Å²) < 4.78 is 24.0. The second-order valence-electron chi connectivity index (χ2n) is 4.24. The number of nitrogens with zero attached hydrogens (tertiary/aromatic N) is 2. The maximum absolute atomic E-state index is 11.1. The fraction of sp³-hybridized carbons (Fsp3) is 0.364. The Morgan fingerprint density at radius 1 is 1.44 bits per heavy atom. The Balaban J connectivity index is 2.25. The molecule has 2 N–H and O–H groups in total. The van der Waals surface area contributed by atoms with Crippen molar-refractivity contribution in [3.63, 3.8) is 0 Å². The standard InChI is InChI=1S/C11H14ClN3O2S/c1-18(16,17)6-2-5-15-10-4-3-8(12)7-9(10)14-11(15)13/h3-4,7H,2,5-6H2,1H3,(H2,13,14). The van der Waals surface area contributed by atoms with Crippen LogP contribution in [0.3, 0.4) is 0 Å². The van der Waals surface area contributed by atoms with Crippen LogP contribution in [0.5, 0.6) is 0 Å². The molecule has 0 saturated carbocycles. The van der Waals surface area contributed by atoms with Gasteiger partial charge >= 0.3 is 0 Å². The predicted molar refractivity (Wildman–Crippen MR) is 73.5 cm³/mol. The number of benzene rings is 1.